The summed E-state index contributed by atoms with van der Waals surface area (Å²) < 4.78 is 7.22. The molecule has 2 aromatic heterocycles. The first-order valence-electron chi connectivity index (χ1n) is 11.7. The zero-order valence-corrected chi connectivity index (χ0v) is 21.5. The van der Waals surface area contributed by atoms with Crippen molar-refractivity contribution in [1.82, 2.24) is 24.8 Å². The quantitative estimate of drug-likeness (QED) is 0.507. The van der Waals surface area contributed by atoms with Crippen LogP contribution in [-0.2, 0) is 9.53 Å². The van der Waals surface area contributed by atoms with Crippen LogP contribution in [0.2, 0.25) is 0 Å². The van der Waals surface area contributed by atoms with Crippen LogP contribution in [0.3, 0.4) is 0 Å². The van der Waals surface area contributed by atoms with E-state index in [0.717, 1.165) is 60.0 Å². The highest BCUT2D eigenvalue weighted by Crippen LogP contribution is 2.34. The van der Waals surface area contributed by atoms with Gasteiger partial charge in [0.25, 0.3) is 0 Å². The summed E-state index contributed by atoms with van der Waals surface area (Å²) in [4.78, 5) is 22.3. The summed E-state index contributed by atoms with van der Waals surface area (Å²) in [6.07, 6.45) is 0. The van der Waals surface area contributed by atoms with Gasteiger partial charge in [-0.05, 0) is 27.7 Å². The van der Waals surface area contributed by atoms with Gasteiger partial charge in [0.05, 0.1) is 19.8 Å². The second-order valence-corrected chi connectivity index (χ2v) is 10.7. The molecule has 0 radical (unpaired) electrons. The summed E-state index contributed by atoms with van der Waals surface area (Å²) in [5.74, 6) is 0.842. The molecule has 0 saturated carbocycles. The molecule has 10 heteroatoms. The van der Waals surface area contributed by atoms with Gasteiger partial charge in [0.2, 0.25) is 16.0 Å². The number of ether oxygens (including phenoxy) is 1. The van der Waals surface area contributed by atoms with Crippen molar-refractivity contribution in [2.24, 2.45) is 0 Å². The van der Waals surface area contributed by atoms with Crippen LogP contribution in [0.15, 0.2) is 24.3 Å². The number of fused-ring (bicyclic) bond motifs is 1. The van der Waals surface area contributed by atoms with E-state index in [1.54, 1.807) is 0 Å². The molecule has 3 heterocycles. The molecular formula is C24H35N7O2S. The van der Waals surface area contributed by atoms with Gasteiger partial charge >= 0.3 is 0 Å². The molecule has 1 aromatic carbocycles. The van der Waals surface area contributed by atoms with Gasteiger partial charge in [0, 0.05) is 44.3 Å². The molecule has 1 aliphatic rings. The number of hydrogen-bond acceptors (Lipinski definition) is 8. The lowest BCUT2D eigenvalue weighted by Gasteiger charge is -2.26. The molecule has 9 nitrogen and oxygen atoms in total. The molecule has 1 saturated heterocycles. The Kier molecular flexibility index (Phi) is 7.39. The third kappa shape index (κ3) is 6.05. The molecule has 184 valence electrons. The number of nitrogens with zero attached hydrogens (tertiary/aromatic N) is 5. The molecule has 0 bridgehead atoms. The van der Waals surface area contributed by atoms with Crippen molar-refractivity contribution in [3.8, 4) is 11.3 Å². The molecule has 4 rings (SSSR count). The van der Waals surface area contributed by atoms with Gasteiger partial charge in [-0.2, -0.15) is 4.52 Å². The number of carbonyl (C=O) groups is 1. The van der Waals surface area contributed by atoms with Gasteiger partial charge in [0.1, 0.15) is 5.69 Å². The van der Waals surface area contributed by atoms with Gasteiger partial charge < -0.3 is 20.3 Å². The molecule has 0 aliphatic carbocycles. The summed E-state index contributed by atoms with van der Waals surface area (Å²) in [7, 11) is 1.89. The molecule has 1 fully saturated rings. The molecule has 0 unspecified atom stereocenters. The molecule has 0 atom stereocenters. The Balaban J connectivity index is 1.46. The van der Waals surface area contributed by atoms with Crippen molar-refractivity contribution in [2.45, 2.75) is 33.2 Å². The molecule has 1 amide bonds. The molecule has 34 heavy (non-hydrogen) atoms. The van der Waals surface area contributed by atoms with Crippen molar-refractivity contribution >= 4 is 33.2 Å². The SMILES string of the molecule is Cc1ccc(-c2nc3sc(N(C)CC(=O)NCCN4CCOCC4)nn3c2NC(C)(C)C)cc1. The van der Waals surface area contributed by atoms with E-state index in [4.69, 9.17) is 14.8 Å². The van der Waals surface area contributed by atoms with E-state index in [0.29, 0.717) is 6.54 Å². The monoisotopic (exact) mass is 485 g/mol. The maximum Gasteiger partial charge on any atom is 0.239 e. The van der Waals surface area contributed by atoms with E-state index in [1.165, 1.54) is 16.9 Å². The van der Waals surface area contributed by atoms with Crippen LogP contribution in [0.1, 0.15) is 26.3 Å². The number of hydrogen-bond donors (Lipinski definition) is 2. The fourth-order valence-electron chi connectivity index (χ4n) is 3.79. The standard InChI is InChI=1S/C24H35N7O2S/c1-17-6-8-18(9-7-17)20-21(27-24(2,3)4)31-22(26-20)34-23(28-31)29(5)16-19(32)25-10-11-30-12-14-33-15-13-30/h6-9,27H,10-16H2,1-5H3,(H,25,32). The van der Waals surface area contributed by atoms with Crippen LogP contribution < -0.4 is 15.5 Å². The van der Waals surface area contributed by atoms with Crippen molar-refractivity contribution in [3.05, 3.63) is 29.8 Å². The average molecular weight is 486 g/mol. The van der Waals surface area contributed by atoms with Crippen molar-refractivity contribution in [1.29, 1.82) is 0 Å². The Hall–Kier alpha value is -2.69. The first-order chi connectivity index (χ1) is 16.2. The fourth-order valence-corrected chi connectivity index (χ4v) is 4.65. The molecule has 2 N–H and O–H groups in total. The van der Waals surface area contributed by atoms with E-state index < -0.39 is 0 Å². The zero-order valence-electron chi connectivity index (χ0n) is 20.7. The topological polar surface area (TPSA) is 87.0 Å². The van der Waals surface area contributed by atoms with Gasteiger partial charge in [-0.25, -0.2) is 4.98 Å². The number of carbonyl (C=O) groups excluding carboxylic acids is 1. The number of aryl methyl sites for hydroxylation is 1. The second kappa shape index (κ2) is 10.3. The Morgan fingerprint density at radius 1 is 1.21 bits per heavy atom. The van der Waals surface area contributed by atoms with Crippen LogP contribution >= 0.6 is 11.3 Å². The summed E-state index contributed by atoms with van der Waals surface area (Å²) in [6, 6.07) is 8.36. The highest BCUT2D eigenvalue weighted by Gasteiger charge is 2.23. The Labute approximate surface area is 205 Å². The summed E-state index contributed by atoms with van der Waals surface area (Å²) in [6.45, 7) is 13.5. The number of nitrogens with one attached hydrogen (secondary N) is 2. The third-order valence-corrected chi connectivity index (χ3v) is 6.60. The van der Waals surface area contributed by atoms with Crippen LogP contribution in [0.5, 0.6) is 0 Å². The number of imidazole rings is 1. The minimum atomic E-state index is -0.161. The third-order valence-electron chi connectivity index (χ3n) is 5.57. The highest BCUT2D eigenvalue weighted by atomic mass is 32.1. The Morgan fingerprint density at radius 2 is 1.91 bits per heavy atom. The van der Waals surface area contributed by atoms with Crippen molar-refractivity contribution in [2.75, 3.05) is 63.2 Å². The number of rotatable bonds is 8. The summed E-state index contributed by atoms with van der Waals surface area (Å²) in [5.41, 5.74) is 2.97. The first-order valence-corrected chi connectivity index (χ1v) is 12.5. The van der Waals surface area contributed by atoms with E-state index >= 15 is 0 Å². The number of morpholine rings is 1. The van der Waals surface area contributed by atoms with Gasteiger partial charge in [-0.15, -0.1) is 5.10 Å². The predicted octanol–water partition coefficient (Wildman–Crippen LogP) is 2.86. The number of likely N-dealkylation sites (N-methyl/N-ethyl adjacent to an activating group) is 1. The minimum absolute atomic E-state index is 0.0167. The lowest BCUT2D eigenvalue weighted by molar-refractivity contribution is -0.119. The van der Waals surface area contributed by atoms with E-state index in [9.17, 15) is 4.79 Å². The van der Waals surface area contributed by atoms with Gasteiger partial charge in [-0.1, -0.05) is 41.2 Å². The van der Waals surface area contributed by atoms with Crippen LogP contribution in [0.4, 0.5) is 10.9 Å². The number of amides is 1. The lowest BCUT2D eigenvalue weighted by atomic mass is 10.1. The average Bonchev–Trinajstić information content (AvgIpc) is 3.34. The number of anilines is 2. The molecular weight excluding hydrogens is 450 g/mol. The van der Waals surface area contributed by atoms with Crippen LogP contribution in [0, 0.1) is 6.92 Å². The maximum atomic E-state index is 12.5. The molecule has 3 aromatic rings. The van der Waals surface area contributed by atoms with Crippen LogP contribution in [-0.4, -0.2) is 83.9 Å². The van der Waals surface area contributed by atoms with E-state index in [-0.39, 0.29) is 18.0 Å². The lowest BCUT2D eigenvalue weighted by Crippen LogP contribution is -2.43. The normalized spacial score (nSPS) is 15.0. The Morgan fingerprint density at radius 3 is 2.59 bits per heavy atom. The highest BCUT2D eigenvalue weighted by molar-refractivity contribution is 7.20. The largest absolute Gasteiger partial charge is 0.379 e. The molecule has 0 spiro atoms. The van der Waals surface area contributed by atoms with Crippen molar-refractivity contribution in [3.63, 3.8) is 0 Å². The predicted molar refractivity (Wildman–Crippen MR) is 138 cm³/mol. The first kappa shape index (κ1) is 24.4. The van der Waals surface area contributed by atoms with Gasteiger partial charge in [0.15, 0.2) is 5.82 Å². The zero-order chi connectivity index (χ0) is 24.3. The minimum Gasteiger partial charge on any atom is -0.379 e. The fraction of sp³-hybridized carbons (Fsp3) is 0.542. The number of aromatic nitrogens is 3. The van der Waals surface area contributed by atoms with Gasteiger partial charge in [-0.3, -0.25) is 9.69 Å². The summed E-state index contributed by atoms with van der Waals surface area (Å²) in [5, 5.41) is 12.1. The summed E-state index contributed by atoms with van der Waals surface area (Å²) >= 11 is 1.48. The number of benzene rings is 1. The van der Waals surface area contributed by atoms with E-state index in [1.807, 2.05) is 16.5 Å². The van der Waals surface area contributed by atoms with E-state index in [2.05, 4.69) is 67.5 Å². The van der Waals surface area contributed by atoms with Crippen molar-refractivity contribution < 1.29 is 9.53 Å². The molecule has 1 aliphatic heterocycles. The second-order valence-electron chi connectivity index (χ2n) is 9.79. The Bertz CT molecular complexity index is 1110. The van der Waals surface area contributed by atoms with Crippen LogP contribution in [0.25, 0.3) is 16.2 Å². The maximum absolute atomic E-state index is 12.5. The smallest absolute Gasteiger partial charge is 0.239 e.